The van der Waals surface area contributed by atoms with E-state index in [4.69, 9.17) is 4.74 Å². The van der Waals surface area contributed by atoms with E-state index in [9.17, 15) is 19.5 Å². The van der Waals surface area contributed by atoms with Gasteiger partial charge in [-0.05, 0) is 31.4 Å². The van der Waals surface area contributed by atoms with Crippen LogP contribution in [0.25, 0.3) is 11.0 Å². The molecule has 2 unspecified atom stereocenters. The fourth-order valence-corrected chi connectivity index (χ4v) is 5.95. The summed E-state index contributed by atoms with van der Waals surface area (Å²) in [4.78, 5) is 41.4. The van der Waals surface area contributed by atoms with E-state index in [2.05, 4.69) is 20.9 Å². The summed E-state index contributed by atoms with van der Waals surface area (Å²) < 4.78 is 7.88. The first-order valence-corrected chi connectivity index (χ1v) is 11.3. The number of carbonyl (C=O) groups excluding carboxylic acids is 3. The van der Waals surface area contributed by atoms with Crippen LogP contribution in [-0.2, 0) is 25.8 Å². The van der Waals surface area contributed by atoms with E-state index in [1.54, 1.807) is 4.68 Å². The molecule has 5 rings (SSSR count). The lowest BCUT2D eigenvalue weighted by Gasteiger charge is -2.36. The van der Waals surface area contributed by atoms with Crippen molar-refractivity contribution in [2.45, 2.75) is 56.6 Å². The molecule has 3 aliphatic heterocycles. The van der Waals surface area contributed by atoms with Crippen molar-refractivity contribution in [3.05, 3.63) is 24.3 Å². The third-order valence-corrected chi connectivity index (χ3v) is 7.43. The number of nitrogens with zero attached hydrogens (tertiary/aromatic N) is 4. The van der Waals surface area contributed by atoms with Gasteiger partial charge in [0.2, 0.25) is 17.7 Å². The van der Waals surface area contributed by atoms with Gasteiger partial charge in [0.05, 0.1) is 36.1 Å². The van der Waals surface area contributed by atoms with Crippen molar-refractivity contribution in [1.29, 1.82) is 0 Å². The lowest BCUT2D eigenvalue weighted by molar-refractivity contribution is -0.145. The Hall–Kier alpha value is -3.05. The Morgan fingerprint density at radius 3 is 2.85 bits per heavy atom. The second kappa shape index (κ2) is 8.07. The van der Waals surface area contributed by atoms with E-state index >= 15 is 0 Å². The van der Waals surface area contributed by atoms with Crippen LogP contribution in [0.3, 0.4) is 0 Å². The SMILES string of the molecule is CC[C@@H](CO)N1C(=O)[C@@H]2[C@H](C(=O)NC)[C@@H]3CCC2(O3)C1C(=O)NCn1nnc2ccccc21. The largest absolute Gasteiger partial charge is 0.394 e. The molecule has 0 aliphatic carbocycles. The highest BCUT2D eigenvalue weighted by atomic mass is 16.5. The highest BCUT2D eigenvalue weighted by Gasteiger charge is 2.74. The van der Waals surface area contributed by atoms with E-state index in [1.807, 2.05) is 31.2 Å². The summed E-state index contributed by atoms with van der Waals surface area (Å²) >= 11 is 0. The van der Waals surface area contributed by atoms with Gasteiger partial charge in [-0.3, -0.25) is 14.4 Å². The minimum Gasteiger partial charge on any atom is -0.394 e. The summed E-state index contributed by atoms with van der Waals surface area (Å²) in [6.45, 7) is 1.64. The number of para-hydroxylation sites is 1. The van der Waals surface area contributed by atoms with Gasteiger partial charge in [-0.15, -0.1) is 5.10 Å². The zero-order valence-corrected chi connectivity index (χ0v) is 18.6. The van der Waals surface area contributed by atoms with Crippen LogP contribution < -0.4 is 10.6 Å². The van der Waals surface area contributed by atoms with E-state index < -0.39 is 41.5 Å². The third kappa shape index (κ3) is 3.06. The van der Waals surface area contributed by atoms with E-state index in [-0.39, 0.29) is 25.1 Å². The summed E-state index contributed by atoms with van der Waals surface area (Å²) in [6, 6.07) is 5.92. The average molecular weight is 457 g/mol. The molecule has 3 N–H and O–H groups in total. The molecule has 3 aliphatic rings. The fraction of sp³-hybridized carbons (Fsp3) is 0.591. The number of nitrogens with one attached hydrogen (secondary N) is 2. The molecule has 2 aromatic rings. The molecule has 11 nitrogen and oxygen atoms in total. The van der Waals surface area contributed by atoms with Gasteiger partial charge in [-0.2, -0.15) is 0 Å². The number of aliphatic hydroxyl groups is 1. The van der Waals surface area contributed by atoms with Gasteiger partial charge in [-0.1, -0.05) is 24.3 Å². The van der Waals surface area contributed by atoms with E-state index in [0.717, 1.165) is 5.52 Å². The number of carbonyl (C=O) groups is 3. The number of hydrogen-bond donors (Lipinski definition) is 3. The van der Waals surface area contributed by atoms with Crippen molar-refractivity contribution < 1.29 is 24.2 Å². The molecule has 1 aromatic heterocycles. The smallest absolute Gasteiger partial charge is 0.247 e. The Kier molecular flexibility index (Phi) is 5.32. The highest BCUT2D eigenvalue weighted by Crippen LogP contribution is 2.58. The molecule has 1 spiro atoms. The fourth-order valence-electron chi connectivity index (χ4n) is 5.95. The van der Waals surface area contributed by atoms with Gasteiger partial charge in [0.25, 0.3) is 0 Å². The van der Waals surface area contributed by atoms with Crippen molar-refractivity contribution in [2.75, 3.05) is 13.7 Å². The Morgan fingerprint density at radius 2 is 2.12 bits per heavy atom. The maximum absolute atomic E-state index is 13.6. The van der Waals surface area contributed by atoms with Gasteiger partial charge < -0.3 is 25.4 Å². The third-order valence-electron chi connectivity index (χ3n) is 7.43. The number of amides is 3. The molecule has 2 bridgehead atoms. The van der Waals surface area contributed by atoms with Crippen molar-refractivity contribution in [3.63, 3.8) is 0 Å². The lowest BCUT2D eigenvalue weighted by atomic mass is 9.70. The second-order valence-electron chi connectivity index (χ2n) is 8.94. The summed E-state index contributed by atoms with van der Waals surface area (Å²) in [5.74, 6) is -2.35. The van der Waals surface area contributed by atoms with Crippen LogP contribution in [0.15, 0.2) is 24.3 Å². The average Bonchev–Trinajstić information content (AvgIpc) is 3.57. The number of benzene rings is 1. The topological polar surface area (TPSA) is 139 Å². The number of ether oxygens (including phenoxy) is 1. The predicted molar refractivity (Wildman–Crippen MR) is 115 cm³/mol. The van der Waals surface area contributed by atoms with Gasteiger partial charge in [-0.25, -0.2) is 4.68 Å². The van der Waals surface area contributed by atoms with Crippen LogP contribution in [0.1, 0.15) is 26.2 Å². The van der Waals surface area contributed by atoms with Crippen LogP contribution in [-0.4, -0.2) is 80.2 Å². The molecular weight excluding hydrogens is 428 g/mol. The number of aromatic nitrogens is 3. The second-order valence-corrected chi connectivity index (χ2v) is 8.94. The molecule has 4 heterocycles. The maximum Gasteiger partial charge on any atom is 0.247 e. The van der Waals surface area contributed by atoms with Crippen LogP contribution in [0.5, 0.6) is 0 Å². The van der Waals surface area contributed by atoms with E-state index in [0.29, 0.717) is 24.8 Å². The summed E-state index contributed by atoms with van der Waals surface area (Å²) in [6.07, 6.45) is 1.18. The van der Waals surface area contributed by atoms with Crippen LogP contribution in [0.4, 0.5) is 0 Å². The van der Waals surface area contributed by atoms with Crippen molar-refractivity contribution in [1.82, 2.24) is 30.5 Å². The van der Waals surface area contributed by atoms with Gasteiger partial charge in [0.15, 0.2) is 0 Å². The minimum atomic E-state index is -1.09. The monoisotopic (exact) mass is 456 g/mol. The number of hydrogen-bond acceptors (Lipinski definition) is 7. The highest BCUT2D eigenvalue weighted by molar-refractivity contribution is 5.99. The molecule has 11 heteroatoms. The van der Waals surface area contributed by atoms with Crippen molar-refractivity contribution in [2.24, 2.45) is 11.8 Å². The first-order valence-electron chi connectivity index (χ1n) is 11.3. The summed E-state index contributed by atoms with van der Waals surface area (Å²) in [5.41, 5.74) is 0.393. The van der Waals surface area contributed by atoms with Crippen LogP contribution in [0, 0.1) is 11.8 Å². The number of rotatable bonds is 7. The van der Waals surface area contributed by atoms with Gasteiger partial charge in [0.1, 0.15) is 23.8 Å². The Balaban J connectivity index is 1.47. The standard InChI is InChI=1S/C22H28N6O5/c1-3-12(10-29)28-18(20(31)24-11-27-14-7-5-4-6-13(14)25-26-27)22-9-8-15(33-22)16(19(30)23-2)17(22)21(28)32/h4-7,12,15-18,29H,3,8-11H2,1-2H3,(H,23,30)(H,24,31)/t12-,15-,16+,17-,18?,22?/m0/s1. The minimum absolute atomic E-state index is 0.0663. The molecule has 3 saturated heterocycles. The van der Waals surface area contributed by atoms with Crippen molar-refractivity contribution >= 4 is 28.8 Å². The number of aliphatic hydroxyl groups excluding tert-OH is 1. The van der Waals surface area contributed by atoms with E-state index in [1.165, 1.54) is 11.9 Å². The van der Waals surface area contributed by atoms with Gasteiger partial charge in [0, 0.05) is 7.05 Å². The zero-order chi connectivity index (χ0) is 23.3. The summed E-state index contributed by atoms with van der Waals surface area (Å²) in [7, 11) is 1.54. The molecule has 33 heavy (non-hydrogen) atoms. The molecule has 6 atom stereocenters. The predicted octanol–water partition coefficient (Wildman–Crippen LogP) is -0.603. The number of likely N-dealkylation sites (tertiary alicyclic amines) is 1. The molecule has 3 fully saturated rings. The lowest BCUT2D eigenvalue weighted by Crippen LogP contribution is -2.58. The normalized spacial score (nSPS) is 31.1. The molecule has 0 radical (unpaired) electrons. The first kappa shape index (κ1) is 21.8. The molecular formula is C22H28N6O5. The quantitative estimate of drug-likeness (QED) is 0.505. The van der Waals surface area contributed by atoms with Crippen LogP contribution in [0.2, 0.25) is 0 Å². The molecule has 3 amide bonds. The summed E-state index contributed by atoms with van der Waals surface area (Å²) in [5, 5.41) is 23.7. The van der Waals surface area contributed by atoms with Gasteiger partial charge >= 0.3 is 0 Å². The van der Waals surface area contributed by atoms with Crippen molar-refractivity contribution in [3.8, 4) is 0 Å². The number of fused-ring (bicyclic) bond motifs is 2. The van der Waals surface area contributed by atoms with Crippen LogP contribution >= 0.6 is 0 Å². The Morgan fingerprint density at radius 1 is 1.33 bits per heavy atom. The zero-order valence-electron chi connectivity index (χ0n) is 18.6. The maximum atomic E-state index is 13.6. The Bertz CT molecular complexity index is 1100. The molecule has 0 saturated carbocycles. The Labute approximate surface area is 190 Å². The molecule has 176 valence electrons. The first-order chi connectivity index (χ1) is 16.0. The molecule has 1 aromatic carbocycles.